The lowest BCUT2D eigenvalue weighted by molar-refractivity contribution is 0.0562. The lowest BCUT2D eigenvalue weighted by atomic mass is 10.3. The predicted octanol–water partition coefficient (Wildman–Crippen LogP) is -0.269. The summed E-state index contributed by atoms with van der Waals surface area (Å²) >= 11 is 0. The van der Waals surface area contributed by atoms with Gasteiger partial charge in [0.2, 0.25) is 0 Å². The highest BCUT2D eigenvalue weighted by Crippen LogP contribution is 1.88. The maximum atomic E-state index is 8.44. The number of aliphatic hydroxyl groups is 1. The molecule has 9 heavy (non-hydrogen) atoms. The van der Waals surface area contributed by atoms with Crippen LogP contribution in [0.5, 0.6) is 0 Å². The van der Waals surface area contributed by atoms with Crippen molar-refractivity contribution in [3.05, 3.63) is 0 Å². The van der Waals surface area contributed by atoms with E-state index in [0.717, 1.165) is 0 Å². The van der Waals surface area contributed by atoms with E-state index in [1.165, 1.54) is 0 Å². The summed E-state index contributed by atoms with van der Waals surface area (Å²) in [5, 5.41) is 8.44. The maximum absolute atomic E-state index is 8.44. The molecule has 0 fully saturated rings. The average molecular weight is 133 g/mol. The van der Waals surface area contributed by atoms with E-state index in [0.29, 0.717) is 6.61 Å². The molecule has 0 aliphatic rings. The summed E-state index contributed by atoms with van der Waals surface area (Å²) in [5.74, 6) is 0. The van der Waals surface area contributed by atoms with Gasteiger partial charge in [0.1, 0.15) is 0 Å². The second-order valence-corrected chi connectivity index (χ2v) is 2.32. The first-order valence-corrected chi connectivity index (χ1v) is 3.15. The molecule has 56 valence electrons. The van der Waals surface area contributed by atoms with Crippen molar-refractivity contribution in [2.45, 2.75) is 26.0 Å². The third-order valence-electron chi connectivity index (χ3n) is 0.878. The number of rotatable bonds is 4. The summed E-state index contributed by atoms with van der Waals surface area (Å²) in [6.45, 7) is 4.30. The quantitative estimate of drug-likeness (QED) is 0.555. The van der Waals surface area contributed by atoms with Gasteiger partial charge in [-0.25, -0.2) is 0 Å². The second kappa shape index (κ2) is 4.73. The van der Waals surface area contributed by atoms with E-state index in [1.54, 1.807) is 0 Å². The van der Waals surface area contributed by atoms with Gasteiger partial charge in [-0.15, -0.1) is 0 Å². The van der Waals surface area contributed by atoms with Gasteiger partial charge in [-0.3, -0.25) is 0 Å². The van der Waals surface area contributed by atoms with Crippen LogP contribution in [0.4, 0.5) is 0 Å². The molecule has 0 rings (SSSR count). The van der Waals surface area contributed by atoms with Crippen LogP contribution in [-0.2, 0) is 4.74 Å². The Kier molecular flexibility index (Phi) is 4.67. The van der Waals surface area contributed by atoms with Crippen LogP contribution in [0, 0.1) is 0 Å². The Morgan fingerprint density at radius 2 is 2.11 bits per heavy atom. The Bertz CT molecular complexity index is 66.1. The van der Waals surface area contributed by atoms with Gasteiger partial charge in [0.15, 0.2) is 0 Å². The molecule has 3 N–H and O–H groups in total. The molecule has 0 aliphatic heterocycles. The van der Waals surface area contributed by atoms with Crippen molar-refractivity contribution in [1.29, 1.82) is 0 Å². The van der Waals surface area contributed by atoms with Crippen LogP contribution in [0.15, 0.2) is 0 Å². The van der Waals surface area contributed by atoms with Crippen LogP contribution >= 0.6 is 0 Å². The summed E-state index contributed by atoms with van der Waals surface area (Å²) in [6.07, 6.45) is 0.197. The molecule has 0 saturated carbocycles. The molecule has 0 aromatic rings. The highest BCUT2D eigenvalue weighted by atomic mass is 16.5. The van der Waals surface area contributed by atoms with E-state index in [-0.39, 0.29) is 18.8 Å². The Morgan fingerprint density at radius 1 is 1.56 bits per heavy atom. The lowest BCUT2D eigenvalue weighted by Crippen LogP contribution is -2.31. The summed E-state index contributed by atoms with van der Waals surface area (Å²) in [6, 6.07) is -0.229. The first-order valence-electron chi connectivity index (χ1n) is 3.15. The average Bonchev–Trinajstić information content (AvgIpc) is 1.83. The van der Waals surface area contributed by atoms with Crippen molar-refractivity contribution in [2.75, 3.05) is 13.2 Å². The molecule has 1 unspecified atom stereocenters. The third-order valence-corrected chi connectivity index (χ3v) is 0.878. The Balaban J connectivity index is 3.06. The molecular formula is C6H15NO2. The van der Waals surface area contributed by atoms with Crippen LogP contribution in [0.1, 0.15) is 13.8 Å². The zero-order valence-electron chi connectivity index (χ0n) is 6.00. The Hall–Kier alpha value is -0.120. The molecular weight excluding hydrogens is 118 g/mol. The van der Waals surface area contributed by atoms with E-state index < -0.39 is 0 Å². The van der Waals surface area contributed by atoms with Crippen molar-refractivity contribution in [3.8, 4) is 0 Å². The predicted molar refractivity (Wildman–Crippen MR) is 36.1 cm³/mol. The minimum atomic E-state index is -0.229. The molecule has 0 aromatic carbocycles. The van der Waals surface area contributed by atoms with Crippen molar-refractivity contribution in [3.63, 3.8) is 0 Å². The first kappa shape index (κ1) is 8.88. The summed E-state index contributed by atoms with van der Waals surface area (Å²) in [5.41, 5.74) is 5.35. The molecule has 0 radical (unpaired) electrons. The highest BCUT2D eigenvalue weighted by Gasteiger charge is 2.00. The fourth-order valence-electron chi connectivity index (χ4n) is 0.369. The van der Waals surface area contributed by atoms with Crippen molar-refractivity contribution < 1.29 is 9.84 Å². The van der Waals surface area contributed by atoms with Gasteiger partial charge in [0.25, 0.3) is 0 Å². The summed E-state index contributed by atoms with van der Waals surface area (Å²) in [4.78, 5) is 0. The Morgan fingerprint density at radius 3 is 2.44 bits per heavy atom. The minimum absolute atomic E-state index is 0.00722. The van der Waals surface area contributed by atoms with Gasteiger partial charge in [-0.05, 0) is 13.8 Å². The zero-order valence-corrected chi connectivity index (χ0v) is 6.00. The van der Waals surface area contributed by atoms with Gasteiger partial charge in [0, 0.05) is 0 Å². The smallest absolute Gasteiger partial charge is 0.0643 e. The van der Waals surface area contributed by atoms with Gasteiger partial charge in [0.05, 0.1) is 25.4 Å². The molecule has 0 saturated heterocycles. The minimum Gasteiger partial charge on any atom is -0.395 e. The SMILES string of the molecule is CC(C)OCC(N)CO. The normalized spacial score (nSPS) is 14.3. The summed E-state index contributed by atoms with van der Waals surface area (Å²) < 4.78 is 5.11. The molecule has 0 amide bonds. The molecule has 0 heterocycles. The van der Waals surface area contributed by atoms with E-state index in [4.69, 9.17) is 15.6 Å². The highest BCUT2D eigenvalue weighted by molar-refractivity contribution is 4.56. The first-order chi connectivity index (χ1) is 4.16. The molecule has 3 nitrogen and oxygen atoms in total. The third kappa shape index (κ3) is 5.76. The topological polar surface area (TPSA) is 55.5 Å². The van der Waals surface area contributed by atoms with E-state index in [1.807, 2.05) is 13.8 Å². The lowest BCUT2D eigenvalue weighted by Gasteiger charge is -2.10. The number of aliphatic hydroxyl groups excluding tert-OH is 1. The van der Waals surface area contributed by atoms with Crippen LogP contribution in [-0.4, -0.2) is 30.5 Å². The standard InChI is InChI=1S/C6H15NO2/c1-5(2)9-4-6(7)3-8/h5-6,8H,3-4,7H2,1-2H3. The molecule has 1 atom stereocenters. The zero-order chi connectivity index (χ0) is 7.28. The number of hydrogen-bond acceptors (Lipinski definition) is 3. The second-order valence-electron chi connectivity index (χ2n) is 2.32. The monoisotopic (exact) mass is 133 g/mol. The van der Waals surface area contributed by atoms with Crippen LogP contribution in [0.3, 0.4) is 0 Å². The van der Waals surface area contributed by atoms with E-state index in [9.17, 15) is 0 Å². The number of ether oxygens (including phenoxy) is 1. The van der Waals surface area contributed by atoms with Gasteiger partial charge in [-0.1, -0.05) is 0 Å². The largest absolute Gasteiger partial charge is 0.395 e. The van der Waals surface area contributed by atoms with Crippen LogP contribution < -0.4 is 5.73 Å². The maximum Gasteiger partial charge on any atom is 0.0643 e. The molecule has 0 bridgehead atoms. The molecule has 0 aliphatic carbocycles. The van der Waals surface area contributed by atoms with E-state index >= 15 is 0 Å². The van der Waals surface area contributed by atoms with Gasteiger partial charge < -0.3 is 15.6 Å². The van der Waals surface area contributed by atoms with Crippen molar-refractivity contribution in [1.82, 2.24) is 0 Å². The molecule has 0 spiro atoms. The van der Waals surface area contributed by atoms with Crippen LogP contribution in [0.2, 0.25) is 0 Å². The summed E-state index contributed by atoms with van der Waals surface area (Å²) in [7, 11) is 0. The van der Waals surface area contributed by atoms with Gasteiger partial charge in [-0.2, -0.15) is 0 Å². The number of nitrogens with two attached hydrogens (primary N) is 1. The molecule has 0 aromatic heterocycles. The van der Waals surface area contributed by atoms with Crippen molar-refractivity contribution in [2.24, 2.45) is 5.73 Å². The van der Waals surface area contributed by atoms with Crippen molar-refractivity contribution >= 4 is 0 Å². The van der Waals surface area contributed by atoms with Gasteiger partial charge >= 0.3 is 0 Å². The molecule has 3 heteroatoms. The van der Waals surface area contributed by atoms with E-state index in [2.05, 4.69) is 0 Å². The Labute approximate surface area is 55.8 Å². The van der Waals surface area contributed by atoms with Crippen LogP contribution in [0.25, 0.3) is 0 Å². The number of hydrogen-bond donors (Lipinski definition) is 2. The fraction of sp³-hybridized carbons (Fsp3) is 1.00. The fourth-order valence-corrected chi connectivity index (χ4v) is 0.369.